The van der Waals surface area contributed by atoms with Gasteiger partial charge in [0.25, 0.3) is 0 Å². The predicted octanol–water partition coefficient (Wildman–Crippen LogP) is 3.05. The largest absolute Gasteiger partial charge is 0.481 e. The second kappa shape index (κ2) is 8.21. The Hall–Kier alpha value is -2.57. The van der Waals surface area contributed by atoms with Gasteiger partial charge in [-0.25, -0.2) is 14.6 Å². The van der Waals surface area contributed by atoms with E-state index in [0.29, 0.717) is 24.4 Å². The van der Waals surface area contributed by atoms with Gasteiger partial charge in [0.15, 0.2) is 0 Å². The highest BCUT2D eigenvalue weighted by Crippen LogP contribution is 2.30. The van der Waals surface area contributed by atoms with E-state index in [4.69, 9.17) is 14.2 Å². The van der Waals surface area contributed by atoms with Crippen LogP contribution in [0, 0.1) is 0 Å². The average Bonchev–Trinajstić information content (AvgIpc) is 2.60. The molecule has 2 heterocycles. The standard InChI is InChI=1S/C19H26N2O5/c1-6-25-17(22)15-12-21(18(23)26-19(2,3)4)10-8-14(15)13-7-9-20-16(11-13)24-5/h7,9,11H,6,8,10,12H2,1-5H3. The molecule has 0 aromatic carbocycles. The van der Waals surface area contributed by atoms with Crippen LogP contribution in [-0.4, -0.2) is 54.4 Å². The minimum Gasteiger partial charge on any atom is -0.481 e. The summed E-state index contributed by atoms with van der Waals surface area (Å²) >= 11 is 0. The summed E-state index contributed by atoms with van der Waals surface area (Å²) in [6.45, 7) is 8.05. The molecule has 0 fully saturated rings. The molecule has 0 bridgehead atoms. The smallest absolute Gasteiger partial charge is 0.410 e. The first-order chi connectivity index (χ1) is 12.2. The molecule has 0 atom stereocenters. The van der Waals surface area contributed by atoms with Crippen LogP contribution in [0.1, 0.15) is 39.7 Å². The maximum atomic E-state index is 12.5. The number of hydrogen-bond donors (Lipinski definition) is 0. The van der Waals surface area contributed by atoms with Crippen LogP contribution in [0.2, 0.25) is 0 Å². The van der Waals surface area contributed by atoms with Gasteiger partial charge in [0.2, 0.25) is 5.88 Å². The number of ether oxygens (including phenoxy) is 3. The molecule has 0 spiro atoms. The maximum Gasteiger partial charge on any atom is 0.410 e. The molecule has 2 rings (SSSR count). The highest BCUT2D eigenvalue weighted by molar-refractivity contribution is 5.99. The van der Waals surface area contributed by atoms with Gasteiger partial charge in [0.05, 0.1) is 25.8 Å². The molecule has 142 valence electrons. The Morgan fingerprint density at radius 3 is 2.65 bits per heavy atom. The van der Waals surface area contributed by atoms with Crippen LogP contribution in [0.15, 0.2) is 23.9 Å². The lowest BCUT2D eigenvalue weighted by molar-refractivity contribution is -0.138. The lowest BCUT2D eigenvalue weighted by atomic mass is 9.94. The molecular formula is C19H26N2O5. The Labute approximate surface area is 153 Å². The number of methoxy groups -OCH3 is 1. The quantitative estimate of drug-likeness (QED) is 0.766. The van der Waals surface area contributed by atoms with Crippen molar-refractivity contribution in [1.82, 2.24) is 9.88 Å². The summed E-state index contributed by atoms with van der Waals surface area (Å²) < 4.78 is 15.8. The van der Waals surface area contributed by atoms with Crippen LogP contribution in [0.4, 0.5) is 4.79 Å². The number of rotatable bonds is 4. The van der Waals surface area contributed by atoms with Crippen molar-refractivity contribution in [2.24, 2.45) is 0 Å². The number of pyridine rings is 1. The fourth-order valence-corrected chi connectivity index (χ4v) is 2.68. The highest BCUT2D eigenvalue weighted by Gasteiger charge is 2.31. The molecule has 1 aliphatic heterocycles. The van der Waals surface area contributed by atoms with E-state index in [2.05, 4.69) is 4.98 Å². The van der Waals surface area contributed by atoms with Crippen LogP contribution in [0.25, 0.3) is 5.57 Å². The summed E-state index contributed by atoms with van der Waals surface area (Å²) in [4.78, 5) is 30.5. The third-order valence-corrected chi connectivity index (χ3v) is 3.81. The molecule has 7 nitrogen and oxygen atoms in total. The van der Waals surface area contributed by atoms with Crippen LogP contribution in [-0.2, 0) is 14.3 Å². The van der Waals surface area contributed by atoms with E-state index in [1.165, 1.54) is 12.0 Å². The molecule has 26 heavy (non-hydrogen) atoms. The van der Waals surface area contributed by atoms with Crippen molar-refractivity contribution in [1.29, 1.82) is 0 Å². The Morgan fingerprint density at radius 1 is 1.31 bits per heavy atom. The number of aromatic nitrogens is 1. The van der Waals surface area contributed by atoms with Gasteiger partial charge in [-0.15, -0.1) is 0 Å². The highest BCUT2D eigenvalue weighted by atomic mass is 16.6. The van der Waals surface area contributed by atoms with Crippen molar-refractivity contribution >= 4 is 17.6 Å². The van der Waals surface area contributed by atoms with Crippen molar-refractivity contribution in [3.63, 3.8) is 0 Å². The topological polar surface area (TPSA) is 78.0 Å². The van der Waals surface area contributed by atoms with Crippen LogP contribution >= 0.6 is 0 Å². The third-order valence-electron chi connectivity index (χ3n) is 3.81. The van der Waals surface area contributed by atoms with Crippen molar-refractivity contribution < 1.29 is 23.8 Å². The van der Waals surface area contributed by atoms with Crippen molar-refractivity contribution in [2.75, 3.05) is 26.8 Å². The number of carbonyl (C=O) groups is 2. The third kappa shape index (κ3) is 4.97. The van der Waals surface area contributed by atoms with E-state index in [-0.39, 0.29) is 13.2 Å². The Morgan fingerprint density at radius 2 is 2.04 bits per heavy atom. The molecule has 1 aliphatic rings. The second-order valence-corrected chi connectivity index (χ2v) is 6.92. The van der Waals surface area contributed by atoms with Gasteiger partial charge in [-0.3, -0.25) is 0 Å². The zero-order valence-corrected chi connectivity index (χ0v) is 16.0. The summed E-state index contributed by atoms with van der Waals surface area (Å²) in [5, 5.41) is 0. The predicted molar refractivity (Wildman–Crippen MR) is 96.8 cm³/mol. The summed E-state index contributed by atoms with van der Waals surface area (Å²) in [5.41, 5.74) is 1.54. The molecule has 0 aliphatic carbocycles. The van der Waals surface area contributed by atoms with Crippen molar-refractivity contribution in [2.45, 2.75) is 39.7 Å². The van der Waals surface area contributed by atoms with Gasteiger partial charge < -0.3 is 19.1 Å². The summed E-state index contributed by atoms with van der Waals surface area (Å²) in [6, 6.07) is 3.60. The van der Waals surface area contributed by atoms with Crippen molar-refractivity contribution in [3.8, 4) is 5.88 Å². The molecule has 0 saturated heterocycles. The SMILES string of the molecule is CCOC(=O)C1=C(c2ccnc(OC)c2)CCN(C(=O)OC(C)(C)C)C1. The molecule has 0 saturated carbocycles. The zero-order valence-electron chi connectivity index (χ0n) is 16.0. The summed E-state index contributed by atoms with van der Waals surface area (Å²) in [6.07, 6.45) is 1.70. The molecule has 0 N–H and O–H groups in total. The van der Waals surface area contributed by atoms with E-state index in [0.717, 1.165) is 11.1 Å². The first kappa shape index (κ1) is 19.8. The number of amides is 1. The van der Waals surface area contributed by atoms with E-state index < -0.39 is 17.7 Å². The summed E-state index contributed by atoms with van der Waals surface area (Å²) in [5.74, 6) is 0.0410. The van der Waals surface area contributed by atoms with Gasteiger partial charge in [0, 0.05) is 18.8 Å². The van der Waals surface area contributed by atoms with Gasteiger partial charge in [0.1, 0.15) is 5.60 Å². The Kier molecular flexibility index (Phi) is 6.23. The second-order valence-electron chi connectivity index (χ2n) is 6.92. The lowest BCUT2D eigenvalue weighted by Crippen LogP contribution is -2.42. The number of nitrogens with zero attached hydrogens (tertiary/aromatic N) is 2. The lowest BCUT2D eigenvalue weighted by Gasteiger charge is -2.32. The number of esters is 1. The molecule has 1 aromatic heterocycles. The van der Waals surface area contributed by atoms with E-state index in [1.54, 1.807) is 19.2 Å². The van der Waals surface area contributed by atoms with Crippen LogP contribution in [0.3, 0.4) is 0 Å². The van der Waals surface area contributed by atoms with Gasteiger partial charge in [-0.05, 0) is 51.3 Å². The van der Waals surface area contributed by atoms with Crippen LogP contribution < -0.4 is 4.74 Å². The molecule has 1 amide bonds. The molecule has 0 unspecified atom stereocenters. The van der Waals surface area contributed by atoms with Gasteiger partial charge in [-0.2, -0.15) is 0 Å². The fraction of sp³-hybridized carbons (Fsp3) is 0.526. The first-order valence-electron chi connectivity index (χ1n) is 8.62. The number of hydrogen-bond acceptors (Lipinski definition) is 6. The molecular weight excluding hydrogens is 336 g/mol. The van der Waals surface area contributed by atoms with E-state index in [1.807, 2.05) is 26.8 Å². The van der Waals surface area contributed by atoms with Crippen molar-refractivity contribution in [3.05, 3.63) is 29.5 Å². The maximum absolute atomic E-state index is 12.5. The summed E-state index contributed by atoms with van der Waals surface area (Å²) in [7, 11) is 1.54. The monoisotopic (exact) mass is 362 g/mol. The Bertz CT molecular complexity index is 706. The van der Waals surface area contributed by atoms with Gasteiger partial charge >= 0.3 is 12.1 Å². The first-order valence-corrected chi connectivity index (χ1v) is 8.62. The molecule has 1 aromatic rings. The fourth-order valence-electron chi connectivity index (χ4n) is 2.68. The molecule has 0 radical (unpaired) electrons. The zero-order chi connectivity index (χ0) is 19.3. The minimum absolute atomic E-state index is 0.147. The minimum atomic E-state index is -0.594. The van der Waals surface area contributed by atoms with E-state index >= 15 is 0 Å². The normalized spacial score (nSPS) is 14.9. The number of carbonyl (C=O) groups excluding carboxylic acids is 2. The molecule has 7 heteroatoms. The average molecular weight is 362 g/mol. The Balaban J connectivity index is 2.34. The van der Waals surface area contributed by atoms with E-state index in [9.17, 15) is 9.59 Å². The van der Waals surface area contributed by atoms with Crippen LogP contribution in [0.5, 0.6) is 5.88 Å². The van der Waals surface area contributed by atoms with Gasteiger partial charge in [-0.1, -0.05) is 0 Å².